The second-order valence-electron chi connectivity index (χ2n) is 4.20. The zero-order valence-corrected chi connectivity index (χ0v) is 11.1. The van der Waals surface area contributed by atoms with Crippen LogP contribution in [0.2, 0.25) is 0 Å². The molecule has 3 aromatic rings. The molecule has 0 radical (unpaired) electrons. The Kier molecular flexibility index (Phi) is 3.51. The molecule has 3 nitrogen and oxygen atoms in total. The second kappa shape index (κ2) is 5.63. The van der Waals surface area contributed by atoms with Gasteiger partial charge in [0.15, 0.2) is 0 Å². The van der Waals surface area contributed by atoms with Crippen molar-refractivity contribution >= 4 is 16.5 Å². The lowest BCUT2D eigenvalue weighted by Gasteiger charge is -2.05. The summed E-state index contributed by atoms with van der Waals surface area (Å²) in [6.45, 7) is 0.791. The second-order valence-corrected chi connectivity index (χ2v) is 4.98. The smallest absolute Gasteiger partial charge is 0.130 e. The molecule has 0 bridgehead atoms. The zero-order chi connectivity index (χ0) is 12.9. The Morgan fingerprint density at radius 3 is 2.32 bits per heavy atom. The van der Waals surface area contributed by atoms with Crippen LogP contribution in [0.25, 0.3) is 11.1 Å². The van der Waals surface area contributed by atoms with E-state index in [4.69, 9.17) is 0 Å². The van der Waals surface area contributed by atoms with Crippen LogP contribution in [0.3, 0.4) is 0 Å². The van der Waals surface area contributed by atoms with E-state index in [9.17, 15) is 0 Å². The molecular formula is C15H13N3S. The van der Waals surface area contributed by atoms with Crippen LogP contribution in [0.5, 0.6) is 0 Å². The van der Waals surface area contributed by atoms with Crippen LogP contribution in [0.1, 0.15) is 5.56 Å². The van der Waals surface area contributed by atoms with E-state index in [1.165, 1.54) is 28.2 Å². The summed E-state index contributed by atoms with van der Waals surface area (Å²) in [4.78, 5) is 0. The topological polar surface area (TPSA) is 37.8 Å². The van der Waals surface area contributed by atoms with Crippen LogP contribution in [0, 0.1) is 0 Å². The van der Waals surface area contributed by atoms with Crippen LogP contribution < -0.4 is 5.32 Å². The van der Waals surface area contributed by atoms with Gasteiger partial charge in [0.05, 0.1) is 6.20 Å². The third-order valence-corrected chi connectivity index (χ3v) is 3.51. The average Bonchev–Trinajstić information content (AvgIpc) is 3.00. The van der Waals surface area contributed by atoms with Crippen molar-refractivity contribution < 1.29 is 0 Å². The van der Waals surface area contributed by atoms with Gasteiger partial charge in [0, 0.05) is 18.1 Å². The van der Waals surface area contributed by atoms with E-state index in [1.807, 2.05) is 6.07 Å². The number of benzene rings is 2. The van der Waals surface area contributed by atoms with Crippen LogP contribution in [0.15, 0.2) is 60.8 Å². The van der Waals surface area contributed by atoms with Gasteiger partial charge in [-0.25, -0.2) is 0 Å². The van der Waals surface area contributed by atoms with Gasteiger partial charge in [0.1, 0.15) is 5.00 Å². The van der Waals surface area contributed by atoms with E-state index < -0.39 is 0 Å². The highest BCUT2D eigenvalue weighted by molar-refractivity contribution is 7.09. The van der Waals surface area contributed by atoms with Crippen LogP contribution >= 0.6 is 11.5 Å². The molecule has 19 heavy (non-hydrogen) atoms. The number of hydrogen-bond acceptors (Lipinski definition) is 4. The van der Waals surface area contributed by atoms with Crippen molar-refractivity contribution in [1.82, 2.24) is 9.59 Å². The van der Waals surface area contributed by atoms with Crippen molar-refractivity contribution in [2.24, 2.45) is 0 Å². The normalized spacial score (nSPS) is 10.3. The van der Waals surface area contributed by atoms with E-state index in [2.05, 4.69) is 63.4 Å². The van der Waals surface area contributed by atoms with Gasteiger partial charge >= 0.3 is 0 Å². The van der Waals surface area contributed by atoms with Crippen LogP contribution in [-0.4, -0.2) is 9.59 Å². The molecule has 1 N–H and O–H groups in total. The van der Waals surface area contributed by atoms with Gasteiger partial charge in [-0.15, -0.1) is 5.10 Å². The first-order chi connectivity index (χ1) is 9.42. The number of rotatable bonds is 4. The van der Waals surface area contributed by atoms with Gasteiger partial charge in [0.2, 0.25) is 0 Å². The van der Waals surface area contributed by atoms with E-state index >= 15 is 0 Å². The first-order valence-corrected chi connectivity index (χ1v) is 6.85. The maximum absolute atomic E-state index is 3.82. The molecule has 94 valence electrons. The summed E-state index contributed by atoms with van der Waals surface area (Å²) in [5.74, 6) is 0. The summed E-state index contributed by atoms with van der Waals surface area (Å²) in [6, 6.07) is 19.0. The molecule has 2 aromatic carbocycles. The van der Waals surface area contributed by atoms with Gasteiger partial charge < -0.3 is 5.32 Å². The molecule has 0 aliphatic rings. The summed E-state index contributed by atoms with van der Waals surface area (Å²) >= 11 is 1.37. The number of nitrogens with one attached hydrogen (secondary N) is 1. The lowest BCUT2D eigenvalue weighted by molar-refractivity contribution is 1.13. The third kappa shape index (κ3) is 2.98. The fourth-order valence-corrected chi connectivity index (χ4v) is 2.29. The minimum absolute atomic E-state index is 0.791. The highest BCUT2D eigenvalue weighted by Crippen LogP contribution is 2.19. The molecule has 1 aromatic heterocycles. The highest BCUT2D eigenvalue weighted by atomic mass is 32.1. The summed E-state index contributed by atoms with van der Waals surface area (Å²) in [5.41, 5.74) is 3.73. The molecule has 0 saturated heterocycles. The fourth-order valence-electron chi connectivity index (χ4n) is 1.88. The Balaban J connectivity index is 1.69. The fraction of sp³-hybridized carbons (Fsp3) is 0.0667. The van der Waals surface area contributed by atoms with Crippen molar-refractivity contribution in [2.75, 3.05) is 5.32 Å². The third-order valence-electron chi connectivity index (χ3n) is 2.89. The highest BCUT2D eigenvalue weighted by Gasteiger charge is 1.98. The quantitative estimate of drug-likeness (QED) is 0.781. The van der Waals surface area contributed by atoms with E-state index in [-0.39, 0.29) is 0 Å². The van der Waals surface area contributed by atoms with Crippen molar-refractivity contribution in [1.29, 1.82) is 0 Å². The number of anilines is 1. The van der Waals surface area contributed by atoms with E-state index in [0.717, 1.165) is 11.5 Å². The molecule has 0 fully saturated rings. The van der Waals surface area contributed by atoms with E-state index in [1.54, 1.807) is 6.20 Å². The minimum Gasteiger partial charge on any atom is -0.370 e. The molecule has 3 rings (SSSR count). The Bertz CT molecular complexity index is 618. The molecule has 4 heteroatoms. The summed E-state index contributed by atoms with van der Waals surface area (Å²) in [5, 5.41) is 8.08. The number of aromatic nitrogens is 2. The number of nitrogens with zero attached hydrogens (tertiary/aromatic N) is 2. The van der Waals surface area contributed by atoms with Gasteiger partial charge in [-0.1, -0.05) is 59.1 Å². The molecule has 0 saturated carbocycles. The molecule has 0 aliphatic heterocycles. The summed E-state index contributed by atoms with van der Waals surface area (Å²) in [6.07, 6.45) is 1.74. The summed E-state index contributed by atoms with van der Waals surface area (Å²) < 4.78 is 3.82. The number of hydrogen-bond donors (Lipinski definition) is 1. The Morgan fingerprint density at radius 2 is 1.63 bits per heavy atom. The first kappa shape index (κ1) is 11.9. The monoisotopic (exact) mass is 267 g/mol. The average molecular weight is 267 g/mol. The lowest BCUT2D eigenvalue weighted by Crippen LogP contribution is -1.97. The van der Waals surface area contributed by atoms with Crippen molar-refractivity contribution in [3.05, 3.63) is 66.4 Å². The Labute approximate surface area is 116 Å². The molecule has 0 amide bonds. The Hall–Kier alpha value is -2.20. The van der Waals surface area contributed by atoms with Gasteiger partial charge in [-0.05, 0) is 16.7 Å². The van der Waals surface area contributed by atoms with Gasteiger partial charge in [0.25, 0.3) is 0 Å². The van der Waals surface area contributed by atoms with Crippen LogP contribution in [0.4, 0.5) is 5.00 Å². The van der Waals surface area contributed by atoms with E-state index in [0.29, 0.717) is 0 Å². The first-order valence-electron chi connectivity index (χ1n) is 6.07. The molecule has 0 aliphatic carbocycles. The maximum Gasteiger partial charge on any atom is 0.130 e. The van der Waals surface area contributed by atoms with Crippen LogP contribution in [-0.2, 0) is 6.54 Å². The Morgan fingerprint density at radius 1 is 0.895 bits per heavy atom. The molecular weight excluding hydrogens is 254 g/mol. The lowest BCUT2D eigenvalue weighted by atomic mass is 10.0. The minimum atomic E-state index is 0.791. The van der Waals surface area contributed by atoms with Gasteiger partial charge in [-0.2, -0.15) is 0 Å². The predicted octanol–water partition coefficient (Wildman–Crippen LogP) is 3.82. The molecule has 0 spiro atoms. The van der Waals surface area contributed by atoms with Crippen molar-refractivity contribution in [2.45, 2.75) is 6.54 Å². The molecule has 1 heterocycles. The van der Waals surface area contributed by atoms with Crippen molar-refractivity contribution in [3.63, 3.8) is 0 Å². The SMILES string of the molecule is c1ccc(-c2ccc(CNc3cnns3)cc2)cc1. The summed E-state index contributed by atoms with van der Waals surface area (Å²) in [7, 11) is 0. The van der Waals surface area contributed by atoms with Gasteiger partial charge in [-0.3, -0.25) is 0 Å². The maximum atomic E-state index is 3.82. The zero-order valence-electron chi connectivity index (χ0n) is 10.3. The molecule has 0 atom stereocenters. The predicted molar refractivity (Wildman–Crippen MR) is 79.1 cm³/mol. The molecule has 0 unspecified atom stereocenters. The van der Waals surface area contributed by atoms with Crippen molar-refractivity contribution in [3.8, 4) is 11.1 Å². The largest absolute Gasteiger partial charge is 0.370 e. The standard InChI is InChI=1S/C15H13N3S/c1-2-4-13(5-3-1)14-8-6-12(7-9-14)10-16-15-11-17-18-19-15/h1-9,11,16H,10H2.